The molecule has 33 heavy (non-hydrogen) atoms. The Morgan fingerprint density at radius 2 is 1.55 bits per heavy atom. The number of hydrogen-bond donors (Lipinski definition) is 2. The molecule has 1 aliphatic carbocycles. The van der Waals surface area contributed by atoms with Gasteiger partial charge in [0.2, 0.25) is 5.91 Å². The Kier molecular flexibility index (Phi) is 6.82. The smallest absolute Gasteiger partial charge is 0.257 e. The molecule has 0 heterocycles. The lowest BCUT2D eigenvalue weighted by Crippen LogP contribution is -2.17. The molecule has 1 saturated carbocycles. The number of hydrogen-bond acceptors (Lipinski definition) is 2. The zero-order valence-corrected chi connectivity index (χ0v) is 19.5. The monoisotopic (exact) mass is 528 g/mol. The van der Waals surface area contributed by atoms with Gasteiger partial charge in [0.05, 0.1) is 27.6 Å². The highest BCUT2D eigenvalue weighted by Crippen LogP contribution is 2.53. The molecule has 0 bridgehead atoms. The van der Waals surface area contributed by atoms with Gasteiger partial charge < -0.3 is 10.6 Å². The Morgan fingerprint density at radius 1 is 0.848 bits per heavy atom. The summed E-state index contributed by atoms with van der Waals surface area (Å²) in [4.78, 5) is 25.4. The van der Waals surface area contributed by atoms with Crippen LogP contribution in [0, 0.1) is 17.6 Å². The van der Waals surface area contributed by atoms with Gasteiger partial charge in [-0.2, -0.15) is 0 Å². The summed E-state index contributed by atoms with van der Waals surface area (Å²) >= 11 is 24.6. The van der Waals surface area contributed by atoms with E-state index in [0.29, 0.717) is 21.8 Å². The maximum Gasteiger partial charge on any atom is 0.257 e. The average molecular weight is 530 g/mol. The van der Waals surface area contributed by atoms with Gasteiger partial charge in [-0.3, -0.25) is 9.59 Å². The van der Waals surface area contributed by atoms with Crippen molar-refractivity contribution in [1.82, 2.24) is 0 Å². The molecule has 170 valence electrons. The van der Waals surface area contributed by atoms with Crippen molar-refractivity contribution in [2.45, 2.75) is 11.3 Å². The molecular formula is C23H14Cl4F2N2O2. The molecule has 0 spiro atoms. The first-order valence-corrected chi connectivity index (χ1v) is 11.2. The van der Waals surface area contributed by atoms with Crippen molar-refractivity contribution in [2.24, 2.45) is 5.92 Å². The molecule has 10 heteroatoms. The number of amides is 2. The fraction of sp³-hybridized carbons (Fsp3) is 0.130. The number of benzene rings is 3. The minimum Gasteiger partial charge on any atom is -0.326 e. The fourth-order valence-corrected chi connectivity index (χ4v) is 4.76. The number of nitrogens with one attached hydrogen (secondary N) is 2. The Morgan fingerprint density at radius 3 is 2.21 bits per heavy atom. The number of carbonyl (C=O) groups excluding carboxylic acids is 2. The zero-order valence-electron chi connectivity index (χ0n) is 16.5. The van der Waals surface area contributed by atoms with Gasteiger partial charge in [0.15, 0.2) is 0 Å². The molecule has 3 atom stereocenters. The van der Waals surface area contributed by atoms with E-state index < -0.39 is 28.8 Å². The van der Waals surface area contributed by atoms with E-state index in [-0.39, 0.29) is 28.1 Å². The number of carbonyl (C=O) groups is 2. The van der Waals surface area contributed by atoms with Gasteiger partial charge in [-0.15, -0.1) is 11.6 Å². The normalized spacial score (nSPS) is 19.2. The van der Waals surface area contributed by atoms with Gasteiger partial charge in [0, 0.05) is 27.7 Å². The average Bonchev–Trinajstić information content (AvgIpc) is 3.42. The first-order chi connectivity index (χ1) is 15.6. The third-order valence-electron chi connectivity index (χ3n) is 5.16. The second kappa shape index (κ2) is 9.47. The van der Waals surface area contributed by atoms with Crippen LogP contribution < -0.4 is 10.6 Å². The number of halogens is 6. The van der Waals surface area contributed by atoms with Crippen LogP contribution in [0.15, 0.2) is 54.6 Å². The second-order valence-electron chi connectivity index (χ2n) is 7.46. The molecule has 3 aromatic carbocycles. The lowest BCUT2D eigenvalue weighted by Gasteiger charge is -2.11. The first-order valence-electron chi connectivity index (χ1n) is 9.61. The molecule has 3 unspecified atom stereocenters. The Labute approximate surface area is 207 Å². The van der Waals surface area contributed by atoms with Crippen LogP contribution in [0.3, 0.4) is 0 Å². The minimum absolute atomic E-state index is 0.00501. The van der Waals surface area contributed by atoms with E-state index in [9.17, 15) is 18.4 Å². The van der Waals surface area contributed by atoms with Gasteiger partial charge in [0.25, 0.3) is 5.91 Å². The summed E-state index contributed by atoms with van der Waals surface area (Å²) in [7, 11) is 0. The summed E-state index contributed by atoms with van der Waals surface area (Å²) in [6.07, 6.45) is 0. The van der Waals surface area contributed by atoms with E-state index >= 15 is 0 Å². The number of alkyl halides is 1. The Bertz CT molecular complexity index is 1250. The van der Waals surface area contributed by atoms with Crippen LogP contribution in [0.2, 0.25) is 15.1 Å². The van der Waals surface area contributed by atoms with E-state index in [4.69, 9.17) is 46.4 Å². The van der Waals surface area contributed by atoms with E-state index in [0.717, 1.165) is 17.7 Å². The molecule has 0 aromatic heterocycles. The summed E-state index contributed by atoms with van der Waals surface area (Å²) < 4.78 is 26.9. The molecule has 0 aliphatic heterocycles. The van der Waals surface area contributed by atoms with Crippen LogP contribution in [-0.2, 0) is 4.79 Å². The molecular weight excluding hydrogens is 516 g/mol. The highest BCUT2D eigenvalue weighted by Gasteiger charge is 2.54. The van der Waals surface area contributed by atoms with Crippen LogP contribution in [0.5, 0.6) is 0 Å². The summed E-state index contributed by atoms with van der Waals surface area (Å²) in [6, 6.07) is 12.1. The summed E-state index contributed by atoms with van der Waals surface area (Å²) in [5.74, 6) is -3.58. The molecule has 4 nitrogen and oxygen atoms in total. The van der Waals surface area contributed by atoms with Crippen LogP contribution >= 0.6 is 46.4 Å². The van der Waals surface area contributed by atoms with E-state index in [1.807, 2.05) is 0 Å². The number of rotatable bonds is 5. The molecule has 2 N–H and O–H groups in total. The van der Waals surface area contributed by atoms with Crippen molar-refractivity contribution in [3.05, 3.63) is 92.4 Å². The van der Waals surface area contributed by atoms with Gasteiger partial charge in [0.1, 0.15) is 11.6 Å². The predicted molar refractivity (Wildman–Crippen MR) is 127 cm³/mol. The largest absolute Gasteiger partial charge is 0.326 e. The van der Waals surface area contributed by atoms with E-state index in [1.54, 1.807) is 18.2 Å². The zero-order chi connectivity index (χ0) is 23.9. The quantitative estimate of drug-likeness (QED) is 0.345. The van der Waals surface area contributed by atoms with Crippen LogP contribution in [0.1, 0.15) is 21.8 Å². The lowest BCUT2D eigenvalue weighted by atomic mass is 10.1. The van der Waals surface area contributed by atoms with Crippen molar-refractivity contribution >= 4 is 69.6 Å². The maximum absolute atomic E-state index is 13.9. The fourth-order valence-electron chi connectivity index (χ4n) is 3.52. The third-order valence-corrected chi connectivity index (χ3v) is 6.47. The lowest BCUT2D eigenvalue weighted by molar-refractivity contribution is -0.117. The van der Waals surface area contributed by atoms with Gasteiger partial charge in [-0.1, -0.05) is 34.8 Å². The van der Waals surface area contributed by atoms with Gasteiger partial charge in [-0.05, 0) is 54.1 Å². The molecule has 4 rings (SSSR count). The third kappa shape index (κ3) is 5.25. The molecule has 1 aliphatic rings. The molecule has 2 amide bonds. The van der Waals surface area contributed by atoms with Crippen molar-refractivity contribution in [3.8, 4) is 0 Å². The SMILES string of the molecule is O=C(Nc1ccc(F)cc1F)c1cc(NC(=O)C2C(Cl)C2c2cc(Cl)cc(Cl)c2)ccc1Cl. The highest BCUT2D eigenvalue weighted by molar-refractivity contribution is 6.35. The summed E-state index contributed by atoms with van der Waals surface area (Å²) in [5.41, 5.74) is 0.838. The molecule has 3 aromatic rings. The minimum atomic E-state index is -0.932. The Hall–Kier alpha value is -2.38. The van der Waals surface area contributed by atoms with Crippen molar-refractivity contribution < 1.29 is 18.4 Å². The molecule has 0 radical (unpaired) electrons. The second-order valence-corrected chi connectivity index (χ2v) is 9.24. The van der Waals surface area contributed by atoms with Crippen LogP contribution in [0.4, 0.5) is 20.2 Å². The standard InChI is InChI=1S/C23H14Cl4F2N2O2/c24-11-5-10(6-12(25)7-11)19-20(21(19)27)23(33)30-14-2-3-16(26)15(9-14)22(32)31-18-4-1-13(28)8-17(18)29/h1-9,19-21H,(H,30,33)(H,31,32). The van der Waals surface area contributed by atoms with Gasteiger partial charge >= 0.3 is 0 Å². The number of anilines is 2. The predicted octanol–water partition coefficient (Wildman–Crippen LogP) is 7.14. The maximum atomic E-state index is 13.9. The Balaban J connectivity index is 1.48. The highest BCUT2D eigenvalue weighted by atomic mass is 35.5. The van der Waals surface area contributed by atoms with E-state index in [2.05, 4.69) is 10.6 Å². The molecule has 1 fully saturated rings. The van der Waals surface area contributed by atoms with Crippen molar-refractivity contribution in [3.63, 3.8) is 0 Å². The summed E-state index contributed by atoms with van der Waals surface area (Å²) in [6.45, 7) is 0. The van der Waals surface area contributed by atoms with Crippen LogP contribution in [-0.4, -0.2) is 17.2 Å². The first kappa shape index (κ1) is 23.8. The van der Waals surface area contributed by atoms with Crippen molar-refractivity contribution in [2.75, 3.05) is 10.6 Å². The van der Waals surface area contributed by atoms with Crippen LogP contribution in [0.25, 0.3) is 0 Å². The summed E-state index contributed by atoms with van der Waals surface area (Å²) in [5, 5.41) is 5.57. The van der Waals surface area contributed by atoms with E-state index in [1.165, 1.54) is 18.2 Å². The topological polar surface area (TPSA) is 58.2 Å². The molecule has 0 saturated heterocycles. The van der Waals surface area contributed by atoms with Gasteiger partial charge in [-0.25, -0.2) is 8.78 Å². The van der Waals surface area contributed by atoms with Crippen molar-refractivity contribution in [1.29, 1.82) is 0 Å².